The minimum atomic E-state index is -5.02. The van der Waals surface area contributed by atoms with E-state index in [1.165, 1.54) is 31.4 Å². The van der Waals surface area contributed by atoms with Crippen LogP contribution in [0.15, 0.2) is 30.9 Å². The first-order chi connectivity index (χ1) is 23.2. The molecular formula is C31H37F3N6O9S. The number of aromatic nitrogens is 2. The zero-order valence-electron chi connectivity index (χ0n) is 27.5. The molecule has 2 saturated carbocycles. The lowest BCUT2D eigenvalue weighted by Crippen LogP contribution is -2.60. The van der Waals surface area contributed by atoms with Crippen molar-refractivity contribution < 1.29 is 55.3 Å². The topological polar surface area (TPSA) is 206 Å². The third kappa shape index (κ3) is 7.41. The quantitative estimate of drug-likeness (QED) is 0.247. The molecule has 0 radical (unpaired) electrons. The fraction of sp³-hybridized carbons (Fsp3) is 0.548. The number of alkyl halides is 3. The summed E-state index contributed by atoms with van der Waals surface area (Å²) in [6, 6.07) is 1.13. The second-order valence-corrected chi connectivity index (χ2v) is 15.6. The standard InChI is InChI=1S/C31H37F3N6O9S/c1-6-15-13-30(15,27(43)39-50(46,47)18-8-9-18)38-24(41)21-12-17(14-40(21)26(42)23(29(2,3)4)37-28(44)45)49-25-22(31(32,33)34)35-19-10-7-16(48-5)11-20(19)36-25/h6-7,10-11,15,17-18,21,23,37H,1,8-9,12-14H2,2-5H3,(H,38,41)(H,39,43)(H,44,45)/t15-,17-,21+,23?,30-/m1/s1. The molecule has 4 N–H and O–H groups in total. The summed E-state index contributed by atoms with van der Waals surface area (Å²) in [4.78, 5) is 61.6. The van der Waals surface area contributed by atoms with Crippen molar-refractivity contribution in [2.45, 2.75) is 81.6 Å². The monoisotopic (exact) mass is 726 g/mol. The van der Waals surface area contributed by atoms with Gasteiger partial charge in [0.05, 0.1) is 29.9 Å². The van der Waals surface area contributed by atoms with Crippen molar-refractivity contribution in [3.63, 3.8) is 0 Å². The summed E-state index contributed by atoms with van der Waals surface area (Å²) in [7, 11) is -2.65. The van der Waals surface area contributed by atoms with Crippen LogP contribution in [0.5, 0.6) is 11.6 Å². The molecule has 0 bridgehead atoms. The summed E-state index contributed by atoms with van der Waals surface area (Å²) in [6.45, 7) is 7.86. The molecule has 15 nitrogen and oxygen atoms in total. The summed E-state index contributed by atoms with van der Waals surface area (Å²) >= 11 is 0. The zero-order valence-corrected chi connectivity index (χ0v) is 28.4. The van der Waals surface area contributed by atoms with Gasteiger partial charge in [0.2, 0.25) is 33.4 Å². The minimum Gasteiger partial charge on any atom is -0.497 e. The molecule has 5 atom stereocenters. The molecule has 5 rings (SSSR count). The molecule has 272 valence electrons. The molecule has 2 heterocycles. The van der Waals surface area contributed by atoms with Gasteiger partial charge in [-0.3, -0.25) is 19.1 Å². The van der Waals surface area contributed by atoms with Crippen molar-refractivity contribution in [2.75, 3.05) is 13.7 Å². The number of benzene rings is 1. The van der Waals surface area contributed by atoms with Crippen LogP contribution in [0.25, 0.3) is 11.0 Å². The highest BCUT2D eigenvalue weighted by Gasteiger charge is 2.62. The van der Waals surface area contributed by atoms with Gasteiger partial charge in [-0.2, -0.15) is 13.2 Å². The zero-order chi connectivity index (χ0) is 37.0. The summed E-state index contributed by atoms with van der Waals surface area (Å²) in [6.07, 6.45) is -6.16. The van der Waals surface area contributed by atoms with E-state index in [1.54, 1.807) is 20.8 Å². The maximum absolute atomic E-state index is 14.2. The van der Waals surface area contributed by atoms with E-state index < -0.39 is 105 Å². The fourth-order valence-corrected chi connectivity index (χ4v) is 7.27. The lowest BCUT2D eigenvalue weighted by atomic mass is 9.85. The number of carboxylic acid groups (broad SMARTS) is 1. The second kappa shape index (κ2) is 12.9. The number of ether oxygens (including phenoxy) is 2. The summed E-state index contributed by atoms with van der Waals surface area (Å²) in [5.74, 6) is -4.14. The van der Waals surface area contributed by atoms with Crippen molar-refractivity contribution in [3.8, 4) is 11.6 Å². The number of methoxy groups -OCH3 is 1. The molecule has 2 aromatic rings. The third-order valence-corrected chi connectivity index (χ3v) is 10.7. The Hall–Kier alpha value is -4.68. The number of fused-ring (bicyclic) bond motifs is 1. The van der Waals surface area contributed by atoms with E-state index in [0.717, 1.165) is 4.90 Å². The Bertz CT molecular complexity index is 1850. The van der Waals surface area contributed by atoms with Gasteiger partial charge in [-0.25, -0.2) is 23.2 Å². The van der Waals surface area contributed by atoms with Crippen molar-refractivity contribution in [2.24, 2.45) is 11.3 Å². The largest absolute Gasteiger partial charge is 0.497 e. The van der Waals surface area contributed by atoms with E-state index in [4.69, 9.17) is 9.47 Å². The highest BCUT2D eigenvalue weighted by atomic mass is 32.2. The van der Waals surface area contributed by atoms with Crippen molar-refractivity contribution in [3.05, 3.63) is 36.5 Å². The number of amides is 4. The predicted molar refractivity (Wildman–Crippen MR) is 169 cm³/mol. The Morgan fingerprint density at radius 2 is 1.82 bits per heavy atom. The number of rotatable bonds is 11. The molecule has 0 spiro atoms. The van der Waals surface area contributed by atoms with Crippen LogP contribution in [0.1, 0.15) is 52.1 Å². The Balaban J connectivity index is 1.49. The van der Waals surface area contributed by atoms with Crippen LogP contribution in [0, 0.1) is 11.3 Å². The predicted octanol–water partition coefficient (Wildman–Crippen LogP) is 2.36. The van der Waals surface area contributed by atoms with Gasteiger partial charge in [0.1, 0.15) is 29.5 Å². The number of carbonyl (C=O) groups is 4. The number of nitrogens with one attached hydrogen (secondary N) is 3. The first-order valence-corrected chi connectivity index (χ1v) is 17.1. The highest BCUT2D eigenvalue weighted by molar-refractivity contribution is 7.91. The molecule has 1 saturated heterocycles. The molecule has 3 aliphatic rings. The second-order valence-electron chi connectivity index (χ2n) is 13.6. The Labute approximate surface area is 285 Å². The lowest BCUT2D eigenvalue weighted by Gasteiger charge is -2.35. The van der Waals surface area contributed by atoms with E-state index in [9.17, 15) is 45.9 Å². The normalized spacial score (nSPS) is 24.2. The maximum atomic E-state index is 14.2. The maximum Gasteiger partial charge on any atom is 0.438 e. The summed E-state index contributed by atoms with van der Waals surface area (Å²) < 4.78 is 80.6. The number of halogens is 3. The molecule has 1 aromatic carbocycles. The molecule has 1 unspecified atom stereocenters. The van der Waals surface area contributed by atoms with Gasteiger partial charge in [-0.05, 0) is 36.8 Å². The van der Waals surface area contributed by atoms with E-state index in [2.05, 4.69) is 27.2 Å². The summed E-state index contributed by atoms with van der Waals surface area (Å²) in [5.41, 5.74) is -4.33. The Morgan fingerprint density at radius 3 is 2.36 bits per heavy atom. The van der Waals surface area contributed by atoms with Crippen molar-refractivity contribution in [1.29, 1.82) is 0 Å². The fourth-order valence-electron chi connectivity index (χ4n) is 5.90. The van der Waals surface area contributed by atoms with Gasteiger partial charge in [-0.15, -0.1) is 6.58 Å². The van der Waals surface area contributed by atoms with E-state index >= 15 is 0 Å². The molecule has 1 aromatic heterocycles. The Morgan fingerprint density at radius 1 is 1.14 bits per heavy atom. The molecule has 3 fully saturated rings. The molecular weight excluding hydrogens is 689 g/mol. The molecule has 50 heavy (non-hydrogen) atoms. The van der Waals surface area contributed by atoms with Gasteiger partial charge in [-0.1, -0.05) is 26.8 Å². The molecule has 2 aliphatic carbocycles. The number of nitrogens with zero attached hydrogens (tertiary/aromatic N) is 3. The SMILES string of the molecule is C=C[C@@H]1C[C@]1(NC(=O)[C@@H]1C[C@@H](Oc2nc3cc(OC)ccc3nc2C(F)(F)F)CN1C(=O)C(NC(=O)O)C(C)(C)C)C(=O)NS(=O)(=O)C1CC1. The van der Waals surface area contributed by atoms with E-state index in [-0.39, 0.29) is 23.2 Å². The number of carbonyl (C=O) groups excluding carboxylic acids is 3. The first kappa shape index (κ1) is 36.6. The minimum absolute atomic E-state index is 0.00401. The van der Waals surface area contributed by atoms with Crippen LogP contribution in [-0.2, 0) is 30.6 Å². The average molecular weight is 727 g/mol. The van der Waals surface area contributed by atoms with Gasteiger partial charge in [0, 0.05) is 18.4 Å². The molecule has 1 aliphatic heterocycles. The van der Waals surface area contributed by atoms with Crippen LogP contribution in [0.4, 0.5) is 18.0 Å². The average Bonchev–Trinajstić information content (AvgIpc) is 3.94. The molecule has 4 amide bonds. The van der Waals surface area contributed by atoms with E-state index in [0.29, 0.717) is 12.8 Å². The number of hydrogen-bond acceptors (Lipinski definition) is 10. The van der Waals surface area contributed by atoms with Crippen LogP contribution < -0.4 is 24.8 Å². The first-order valence-electron chi connectivity index (χ1n) is 15.6. The van der Waals surface area contributed by atoms with Crippen molar-refractivity contribution >= 4 is 44.9 Å². The van der Waals surface area contributed by atoms with Crippen molar-refractivity contribution in [1.82, 2.24) is 30.2 Å². The Kier molecular flexibility index (Phi) is 9.44. The summed E-state index contributed by atoms with van der Waals surface area (Å²) in [5, 5.41) is 13.4. The smallest absolute Gasteiger partial charge is 0.438 e. The van der Waals surface area contributed by atoms with E-state index in [1.807, 2.05) is 4.72 Å². The number of sulfonamides is 1. The lowest BCUT2D eigenvalue weighted by molar-refractivity contribution is -0.143. The van der Waals surface area contributed by atoms with Crippen LogP contribution in [-0.4, -0.2) is 94.8 Å². The van der Waals surface area contributed by atoms with Gasteiger partial charge in [0.25, 0.3) is 5.91 Å². The number of likely N-dealkylation sites (tertiary alicyclic amines) is 1. The molecule has 19 heteroatoms. The van der Waals surface area contributed by atoms with Crippen LogP contribution in [0.2, 0.25) is 0 Å². The van der Waals surface area contributed by atoms with Crippen LogP contribution >= 0.6 is 0 Å². The van der Waals surface area contributed by atoms with Gasteiger partial charge < -0.3 is 30.1 Å². The number of hydrogen-bond donors (Lipinski definition) is 4. The highest BCUT2D eigenvalue weighted by Crippen LogP contribution is 2.46. The van der Waals surface area contributed by atoms with Gasteiger partial charge >= 0.3 is 12.3 Å². The third-order valence-electron chi connectivity index (χ3n) is 8.86. The van der Waals surface area contributed by atoms with Crippen LogP contribution in [0.3, 0.4) is 0 Å². The van der Waals surface area contributed by atoms with Gasteiger partial charge in [0.15, 0.2) is 0 Å².